The van der Waals surface area contributed by atoms with E-state index >= 15 is 0 Å². The lowest BCUT2D eigenvalue weighted by molar-refractivity contribution is -0.138. The average molecular weight is 1430 g/mol. The molecule has 0 aliphatic heterocycles. The molecule has 0 saturated heterocycles. The van der Waals surface area contributed by atoms with E-state index in [1.165, 1.54) is 40.6 Å². The van der Waals surface area contributed by atoms with Crippen LogP contribution in [0.4, 0.5) is 0 Å². The normalized spacial score (nSPS) is 44.4. The van der Waals surface area contributed by atoms with Crippen molar-refractivity contribution < 1.29 is 47.7 Å². The first-order valence-electron chi connectivity index (χ1n) is 41.4. The van der Waals surface area contributed by atoms with Crippen molar-refractivity contribution in [2.75, 3.05) is 14.1 Å². The number of hydrogen-bond donors (Lipinski definition) is 0. The van der Waals surface area contributed by atoms with Crippen LogP contribution in [0.2, 0.25) is 0 Å². The smallest absolute Gasteiger partial charge is 0.227 e. The number of carbonyl (C=O) groups excluding carboxylic acids is 9. The Bertz CT molecular complexity index is 3950. The van der Waals surface area contributed by atoms with E-state index in [1.54, 1.807) is 19.0 Å². The molecule has 0 bridgehead atoms. The summed E-state index contributed by atoms with van der Waals surface area (Å²) in [5.41, 5.74) is 6.88. The maximum absolute atomic E-state index is 12.9. The number of benzene rings is 1. The standard InChI is InChI=1S/C26H32O2.C23H33NO3.C22H28N2O3.C20H28O2.CH4/c1-25-13-12-22-20(21(25)10-11-24(25)28)9-8-19-15-23(27)18(16-26(19,22)2)14-17-6-4-3-5-7-17;1-22-10-9-18-16(17(22)7-8-20(22)26)6-5-15-12-19(25)14(13-23(15,18)2)11-21(27)24(3)4;1-21-8-7-17-15(16(21)5-6-19(21)26)4-3-14-10-18(25)13(11-22(14,17)2)9-20-23-12-24-27-20;1-12-11-20(3)13(10-17(12)21)4-5-14-15-6-7-18(22)19(15,2)9-8-16(14)20;/h3-8,18,20-22H,9-16H2,1-2H3;5,14,16-18H,6-13H2,1-4H3;3,12-13,15-17H,4-11H2,1-2H3;4,12,14-16H,5-11H2,1-3H3;1H4. The van der Waals surface area contributed by atoms with Gasteiger partial charge >= 0.3 is 0 Å². The van der Waals surface area contributed by atoms with Crippen molar-refractivity contribution in [2.45, 2.75) is 269 Å². The Balaban J connectivity index is 0.000000118. The van der Waals surface area contributed by atoms with Gasteiger partial charge in [0.05, 0.1) is 0 Å². The Morgan fingerprint density at radius 3 is 1.10 bits per heavy atom. The van der Waals surface area contributed by atoms with Gasteiger partial charge in [0.2, 0.25) is 11.8 Å². The van der Waals surface area contributed by atoms with E-state index in [2.05, 4.69) is 121 Å². The molecule has 568 valence electrons. The molecule has 1 heterocycles. The molecule has 2 aromatic rings. The number of nitrogens with zero attached hydrogens (tertiary/aromatic N) is 3. The van der Waals surface area contributed by atoms with Crippen LogP contribution >= 0.6 is 0 Å². The Morgan fingerprint density at radius 1 is 0.429 bits per heavy atom. The van der Waals surface area contributed by atoms with Crippen molar-refractivity contribution >= 4 is 52.2 Å². The lowest BCUT2D eigenvalue weighted by atomic mass is 9.47. The first kappa shape index (κ1) is 75.9. The number of fused-ring (bicyclic) bond motifs is 20. The Morgan fingerprint density at radius 2 is 0.752 bits per heavy atom. The molecule has 16 aliphatic carbocycles. The average Bonchev–Trinajstić information content (AvgIpc) is 1.72. The zero-order valence-electron chi connectivity index (χ0n) is 64.9. The Labute approximate surface area is 627 Å². The van der Waals surface area contributed by atoms with Crippen molar-refractivity contribution in [3.8, 4) is 0 Å². The molecule has 16 aliphatic rings. The van der Waals surface area contributed by atoms with Crippen LogP contribution in [0.1, 0.15) is 267 Å². The van der Waals surface area contributed by atoms with Gasteiger partial charge in [-0.1, -0.05) is 152 Å². The van der Waals surface area contributed by atoms with Crippen molar-refractivity contribution in [1.82, 2.24) is 15.0 Å². The third kappa shape index (κ3) is 12.5. The molecular formula is C92H125N3O10. The maximum Gasteiger partial charge on any atom is 0.227 e. The molecule has 0 N–H and O–H groups in total. The van der Waals surface area contributed by atoms with Crippen molar-refractivity contribution in [3.63, 3.8) is 0 Å². The molecule has 24 unspecified atom stereocenters. The van der Waals surface area contributed by atoms with Crippen LogP contribution in [0.25, 0.3) is 0 Å². The summed E-state index contributed by atoms with van der Waals surface area (Å²) in [6.07, 6.45) is 39.1. The molecular weight excluding hydrogens is 1310 g/mol. The van der Waals surface area contributed by atoms with Crippen molar-refractivity contribution in [2.24, 2.45) is 138 Å². The van der Waals surface area contributed by atoms with Gasteiger partial charge < -0.3 is 9.42 Å². The third-order valence-electron chi connectivity index (χ3n) is 34.5. The quantitative estimate of drug-likeness (QED) is 0.249. The summed E-state index contributed by atoms with van der Waals surface area (Å²) >= 11 is 0. The molecule has 13 heteroatoms. The molecule has 0 spiro atoms. The van der Waals surface area contributed by atoms with E-state index in [-0.39, 0.29) is 86.1 Å². The summed E-state index contributed by atoms with van der Waals surface area (Å²) in [7, 11) is 3.52. The summed E-state index contributed by atoms with van der Waals surface area (Å²) in [5, 5.41) is 3.69. The van der Waals surface area contributed by atoms with Gasteiger partial charge in [-0.2, -0.15) is 4.98 Å². The van der Waals surface area contributed by atoms with Gasteiger partial charge in [0, 0.05) is 124 Å². The highest BCUT2D eigenvalue weighted by Gasteiger charge is 2.65. The van der Waals surface area contributed by atoms with Gasteiger partial charge in [0.1, 0.15) is 46.3 Å². The summed E-state index contributed by atoms with van der Waals surface area (Å²) in [5.74, 6) is 11.2. The van der Waals surface area contributed by atoms with Crippen LogP contribution in [0.5, 0.6) is 0 Å². The molecule has 0 radical (unpaired) electrons. The minimum Gasteiger partial charge on any atom is -0.349 e. The number of Topliss-reactive ketones (excluding diaryl/α,β-unsaturated/α-hetero) is 8. The Hall–Kier alpha value is -5.85. The second-order valence-electron chi connectivity index (χ2n) is 39.3. The first-order chi connectivity index (χ1) is 49.4. The number of rotatable bonds is 6. The fourth-order valence-corrected chi connectivity index (χ4v) is 28.3. The summed E-state index contributed by atoms with van der Waals surface area (Å²) in [6.45, 7) is 20.6. The zero-order chi connectivity index (χ0) is 73.6. The van der Waals surface area contributed by atoms with Gasteiger partial charge in [0.25, 0.3) is 0 Å². The molecule has 105 heavy (non-hydrogen) atoms. The van der Waals surface area contributed by atoms with Crippen LogP contribution in [-0.4, -0.2) is 81.3 Å². The highest BCUT2D eigenvalue weighted by molar-refractivity contribution is 5.92. The second-order valence-corrected chi connectivity index (χ2v) is 39.3. The summed E-state index contributed by atoms with van der Waals surface area (Å²) in [6, 6.07) is 10.5. The maximum atomic E-state index is 12.9. The predicted molar refractivity (Wildman–Crippen MR) is 406 cm³/mol. The summed E-state index contributed by atoms with van der Waals surface area (Å²) in [4.78, 5) is 119. The number of allylic oxidation sites excluding steroid dienone is 8. The minimum atomic E-state index is -0.153. The third-order valence-corrected chi connectivity index (χ3v) is 34.5. The van der Waals surface area contributed by atoms with Crippen LogP contribution in [0.3, 0.4) is 0 Å². The van der Waals surface area contributed by atoms with E-state index in [1.807, 2.05) is 6.07 Å². The van der Waals surface area contributed by atoms with E-state index < -0.39 is 0 Å². The molecule has 1 amide bonds. The van der Waals surface area contributed by atoms with Crippen LogP contribution in [-0.2, 0) is 56.0 Å². The SMILES string of the molecule is C.CC12CCC3C(CC=C4CC(=O)C(Cc5ccccc5)CC43C)C1CCC2=O.CC12CCC3C(CC=C4CC(=O)C(Cc5ncno5)CC43C)C1CCC2=O.CC1CC2(C)C(=CCC3C4CCC(=O)C4(C)CCC32)CC1=O.CN(C)C(=O)CC1CC2(C)C(=CCC3C4CCC(=O)C4(C)CCC32)CC1=O. The van der Waals surface area contributed by atoms with Gasteiger partial charge in [0.15, 0.2) is 6.33 Å². The zero-order valence-corrected chi connectivity index (χ0v) is 64.9. The van der Waals surface area contributed by atoms with E-state index in [0.717, 1.165) is 154 Å². The van der Waals surface area contributed by atoms with E-state index in [9.17, 15) is 43.2 Å². The molecule has 1 aromatic carbocycles. The number of amides is 1. The molecule has 24 atom stereocenters. The molecule has 13 nitrogen and oxygen atoms in total. The lowest BCUT2D eigenvalue weighted by Gasteiger charge is -2.57. The number of hydrogen-bond acceptors (Lipinski definition) is 12. The van der Waals surface area contributed by atoms with E-state index in [4.69, 9.17) is 4.52 Å². The fraction of sp³-hybridized carbons (Fsp3) is 0.728. The summed E-state index contributed by atoms with van der Waals surface area (Å²) < 4.78 is 5.18. The second kappa shape index (κ2) is 27.9. The number of ketones is 8. The van der Waals surface area contributed by atoms with Crippen molar-refractivity contribution in [3.05, 3.63) is 94.7 Å². The van der Waals surface area contributed by atoms with Crippen LogP contribution in [0, 0.1) is 138 Å². The number of aromatic nitrogens is 2. The highest BCUT2D eigenvalue weighted by atomic mass is 16.5. The molecule has 12 fully saturated rings. The fourth-order valence-electron chi connectivity index (χ4n) is 28.3. The Kier molecular flexibility index (Phi) is 20.2. The first-order valence-corrected chi connectivity index (χ1v) is 41.4. The monoisotopic (exact) mass is 1430 g/mol. The lowest BCUT2D eigenvalue weighted by Crippen LogP contribution is -2.51. The van der Waals surface area contributed by atoms with Crippen LogP contribution in [0.15, 0.2) is 87.8 Å². The largest absolute Gasteiger partial charge is 0.349 e. The highest BCUT2D eigenvalue weighted by Crippen LogP contribution is 2.69. The topological polar surface area (TPSA) is 196 Å². The molecule has 18 rings (SSSR count). The predicted octanol–water partition coefficient (Wildman–Crippen LogP) is 18.3. The molecule has 1 aromatic heterocycles. The number of carbonyl (C=O) groups is 9. The van der Waals surface area contributed by atoms with Gasteiger partial charge in [-0.05, 0) is 233 Å². The van der Waals surface area contributed by atoms with Gasteiger partial charge in [-0.15, -0.1) is 0 Å². The van der Waals surface area contributed by atoms with Gasteiger partial charge in [-0.3, -0.25) is 43.2 Å². The van der Waals surface area contributed by atoms with E-state index in [0.29, 0.717) is 156 Å². The molecule has 12 saturated carbocycles. The van der Waals surface area contributed by atoms with Crippen molar-refractivity contribution in [1.29, 1.82) is 0 Å². The van der Waals surface area contributed by atoms with Crippen LogP contribution < -0.4 is 0 Å². The van der Waals surface area contributed by atoms with Gasteiger partial charge in [-0.25, -0.2) is 0 Å². The minimum absolute atomic E-state index is 0.